The average molecular weight is 565 g/mol. The van der Waals surface area contributed by atoms with Crippen LogP contribution in [0, 0.1) is 0 Å². The predicted octanol–water partition coefficient (Wildman–Crippen LogP) is 7.06. The van der Waals surface area contributed by atoms with Crippen molar-refractivity contribution < 1.29 is 28.9 Å². The number of carbonyl (C=O) groups is 2. The van der Waals surface area contributed by atoms with Gasteiger partial charge in [0, 0.05) is 27.8 Å². The first kappa shape index (κ1) is 26.3. The Morgan fingerprint density at radius 3 is 2.56 bits per heavy atom. The van der Waals surface area contributed by atoms with Gasteiger partial charge in [0.25, 0.3) is 5.91 Å². The molecule has 3 aromatic carbocycles. The number of aliphatic carboxylic acids is 1. The highest BCUT2D eigenvalue weighted by Gasteiger charge is 2.29. The third kappa shape index (κ3) is 5.77. The lowest BCUT2D eigenvalue weighted by atomic mass is 9.93. The Balaban J connectivity index is 1.29. The summed E-state index contributed by atoms with van der Waals surface area (Å²) in [6.45, 7) is 0.292. The van der Waals surface area contributed by atoms with E-state index in [1.54, 1.807) is 73.8 Å². The van der Waals surface area contributed by atoms with Crippen LogP contribution in [-0.4, -0.2) is 35.7 Å². The smallest absolute Gasteiger partial charge is 0.311 e. The predicted molar refractivity (Wildman–Crippen MR) is 148 cm³/mol. The molecule has 2 N–H and O–H groups in total. The highest BCUT2D eigenvalue weighted by molar-refractivity contribution is 6.32. The third-order valence-corrected chi connectivity index (χ3v) is 6.71. The zero-order chi connectivity index (χ0) is 27.5. The number of aromatic nitrogens is 1. The lowest BCUT2D eigenvalue weighted by molar-refractivity contribution is -0.139. The lowest BCUT2D eigenvalue weighted by Crippen LogP contribution is -2.20. The van der Waals surface area contributed by atoms with Crippen molar-refractivity contribution in [1.29, 1.82) is 0 Å². The number of nitrogens with zero attached hydrogens (tertiary/aromatic N) is 1. The van der Waals surface area contributed by atoms with Crippen LogP contribution in [0.2, 0.25) is 10.0 Å². The number of fused-ring (bicyclic) bond motifs is 1. The van der Waals surface area contributed by atoms with E-state index in [-0.39, 0.29) is 10.9 Å². The second-order valence-electron chi connectivity index (χ2n) is 8.68. The van der Waals surface area contributed by atoms with Gasteiger partial charge in [0.15, 0.2) is 0 Å². The van der Waals surface area contributed by atoms with Crippen LogP contribution in [0.5, 0.6) is 23.0 Å². The van der Waals surface area contributed by atoms with Crippen molar-refractivity contribution in [2.24, 2.45) is 0 Å². The fraction of sp³-hybridized carbons (Fsp3) is 0.138. The van der Waals surface area contributed by atoms with Gasteiger partial charge in [-0.25, -0.2) is 4.98 Å². The molecule has 0 bridgehead atoms. The second-order valence-corrected chi connectivity index (χ2v) is 9.53. The largest absolute Gasteiger partial charge is 0.496 e. The van der Waals surface area contributed by atoms with Gasteiger partial charge in [-0.05, 0) is 67.1 Å². The molecule has 1 atom stereocenters. The second kappa shape index (κ2) is 11.2. The molecule has 8 nitrogen and oxygen atoms in total. The number of hydrogen-bond donors (Lipinski definition) is 2. The molecule has 0 saturated heterocycles. The first-order valence-electron chi connectivity index (χ1n) is 11.9. The molecule has 0 saturated carbocycles. The van der Waals surface area contributed by atoms with Crippen molar-refractivity contribution >= 4 is 40.9 Å². The topological polar surface area (TPSA) is 107 Å². The first-order valence-corrected chi connectivity index (χ1v) is 12.7. The summed E-state index contributed by atoms with van der Waals surface area (Å²) in [6, 6.07) is 20.2. The number of benzene rings is 3. The molecule has 0 aliphatic carbocycles. The quantitative estimate of drug-likeness (QED) is 0.247. The number of carbonyl (C=O) groups excluding carboxylic acids is 1. The molecule has 0 radical (unpaired) electrons. The minimum Gasteiger partial charge on any atom is -0.496 e. The van der Waals surface area contributed by atoms with Crippen LogP contribution in [0.1, 0.15) is 28.3 Å². The first-order chi connectivity index (χ1) is 18.8. The van der Waals surface area contributed by atoms with E-state index < -0.39 is 11.9 Å². The number of anilines is 1. The van der Waals surface area contributed by atoms with E-state index in [9.17, 15) is 14.7 Å². The summed E-state index contributed by atoms with van der Waals surface area (Å²) in [5.41, 5.74) is 2.27. The van der Waals surface area contributed by atoms with E-state index in [2.05, 4.69) is 10.3 Å². The molecule has 10 heteroatoms. The highest BCUT2D eigenvalue weighted by atomic mass is 35.5. The van der Waals surface area contributed by atoms with Crippen LogP contribution in [0.25, 0.3) is 11.3 Å². The van der Waals surface area contributed by atoms with Gasteiger partial charge >= 0.3 is 5.97 Å². The molecule has 0 spiro atoms. The van der Waals surface area contributed by atoms with Crippen molar-refractivity contribution in [3.8, 4) is 34.3 Å². The molecular formula is C29H22Cl2N2O6. The van der Waals surface area contributed by atoms with Crippen molar-refractivity contribution in [2.45, 2.75) is 12.3 Å². The van der Waals surface area contributed by atoms with E-state index in [1.165, 1.54) is 0 Å². The summed E-state index contributed by atoms with van der Waals surface area (Å²) in [5.74, 6) is 0.165. The molecule has 5 rings (SSSR count). The fourth-order valence-corrected chi connectivity index (χ4v) is 4.62. The maximum atomic E-state index is 12.9. The molecule has 39 heavy (non-hydrogen) atoms. The monoisotopic (exact) mass is 564 g/mol. The highest BCUT2D eigenvalue weighted by Crippen LogP contribution is 2.42. The molecule has 1 unspecified atom stereocenters. The van der Waals surface area contributed by atoms with Crippen molar-refractivity contribution in [1.82, 2.24) is 4.98 Å². The van der Waals surface area contributed by atoms with Gasteiger partial charge < -0.3 is 24.6 Å². The molecule has 198 valence electrons. The maximum absolute atomic E-state index is 12.9. The average Bonchev–Trinajstić information content (AvgIpc) is 2.93. The number of carboxylic acid groups (broad SMARTS) is 1. The summed E-state index contributed by atoms with van der Waals surface area (Å²) in [5, 5.41) is 13.1. The Labute approximate surface area is 234 Å². The molecule has 1 aliphatic heterocycles. The van der Waals surface area contributed by atoms with E-state index in [0.29, 0.717) is 63.7 Å². The van der Waals surface area contributed by atoms with E-state index in [4.69, 9.17) is 37.4 Å². The van der Waals surface area contributed by atoms with Crippen LogP contribution in [0.3, 0.4) is 0 Å². The summed E-state index contributed by atoms with van der Waals surface area (Å²) < 4.78 is 16.9. The molecule has 2 heterocycles. The van der Waals surface area contributed by atoms with Gasteiger partial charge in [-0.3, -0.25) is 9.59 Å². The summed E-state index contributed by atoms with van der Waals surface area (Å²) in [7, 11) is 1.55. The summed E-state index contributed by atoms with van der Waals surface area (Å²) >= 11 is 12.4. The Morgan fingerprint density at radius 2 is 1.82 bits per heavy atom. The van der Waals surface area contributed by atoms with Crippen LogP contribution in [0.15, 0.2) is 72.8 Å². The van der Waals surface area contributed by atoms with E-state index >= 15 is 0 Å². The van der Waals surface area contributed by atoms with Crippen LogP contribution >= 0.6 is 23.2 Å². The molecule has 1 aliphatic rings. The minimum absolute atomic E-state index is 0.260. The lowest BCUT2D eigenvalue weighted by Gasteiger charge is -2.24. The fourth-order valence-electron chi connectivity index (χ4n) is 4.25. The molecular weight excluding hydrogens is 543 g/mol. The van der Waals surface area contributed by atoms with Crippen LogP contribution in [-0.2, 0) is 4.79 Å². The number of rotatable bonds is 7. The SMILES string of the molecule is COc1cc(Cl)ccc1-c1cccc(NC(=O)c2ccc(Oc3cc4c(cc3Cl)C(C(=O)O)CCO4)cc2)n1. The Kier molecular flexibility index (Phi) is 7.58. The minimum atomic E-state index is -0.926. The summed E-state index contributed by atoms with van der Waals surface area (Å²) in [4.78, 5) is 29.0. The standard InChI is InChI=1S/C29H22Cl2N2O6/c1-37-24-13-17(30)7-10-20(24)23-3-2-4-27(32-23)33-28(34)16-5-8-18(9-6-16)39-26-15-25-21(14-22(26)31)19(29(35)36)11-12-38-25/h2-10,13-15,19H,11-12H2,1H3,(H,35,36)(H,32,33,34). The van der Waals surface area contributed by atoms with Crippen LogP contribution < -0.4 is 19.5 Å². The number of ether oxygens (including phenoxy) is 3. The molecule has 4 aromatic rings. The number of nitrogens with one attached hydrogen (secondary N) is 1. The van der Waals surface area contributed by atoms with Gasteiger partial charge in [-0.1, -0.05) is 29.3 Å². The van der Waals surface area contributed by atoms with E-state index in [0.717, 1.165) is 5.56 Å². The zero-order valence-electron chi connectivity index (χ0n) is 20.6. The van der Waals surface area contributed by atoms with Gasteiger partial charge in [0.1, 0.15) is 28.8 Å². The van der Waals surface area contributed by atoms with Crippen molar-refractivity contribution in [3.63, 3.8) is 0 Å². The molecule has 1 aromatic heterocycles. The zero-order valence-corrected chi connectivity index (χ0v) is 22.1. The number of carboxylic acids is 1. The third-order valence-electron chi connectivity index (χ3n) is 6.18. The van der Waals surface area contributed by atoms with Gasteiger partial charge in [-0.2, -0.15) is 0 Å². The van der Waals surface area contributed by atoms with Crippen LogP contribution in [0.4, 0.5) is 5.82 Å². The van der Waals surface area contributed by atoms with Crippen molar-refractivity contribution in [3.05, 3.63) is 94.0 Å². The Bertz CT molecular complexity index is 1560. The normalized spacial score (nSPS) is 14.1. The van der Waals surface area contributed by atoms with Gasteiger partial charge in [0.05, 0.1) is 30.4 Å². The van der Waals surface area contributed by atoms with E-state index in [1.807, 2.05) is 6.07 Å². The van der Waals surface area contributed by atoms with Gasteiger partial charge in [-0.15, -0.1) is 0 Å². The Hall–Kier alpha value is -4.27. The number of methoxy groups -OCH3 is 1. The number of halogens is 2. The molecule has 1 amide bonds. The summed E-state index contributed by atoms with van der Waals surface area (Å²) in [6.07, 6.45) is 0.373. The molecule has 0 fully saturated rings. The number of pyridine rings is 1. The number of hydrogen-bond acceptors (Lipinski definition) is 6. The Morgan fingerprint density at radius 1 is 1.03 bits per heavy atom. The number of amides is 1. The maximum Gasteiger partial charge on any atom is 0.311 e. The van der Waals surface area contributed by atoms with Crippen molar-refractivity contribution in [2.75, 3.05) is 19.0 Å². The van der Waals surface area contributed by atoms with Gasteiger partial charge in [0.2, 0.25) is 0 Å².